The lowest BCUT2D eigenvalue weighted by atomic mass is 9.89. The van der Waals surface area contributed by atoms with E-state index in [4.69, 9.17) is 4.42 Å². The molecule has 3 rings (SSSR count). The van der Waals surface area contributed by atoms with Crippen molar-refractivity contribution in [2.24, 2.45) is 0 Å². The first kappa shape index (κ1) is 15.5. The molecule has 1 aliphatic carbocycles. The predicted molar refractivity (Wildman–Crippen MR) is 88.7 cm³/mol. The lowest BCUT2D eigenvalue weighted by molar-refractivity contribution is 0.0907. The number of carbonyl (C=O) groups is 1. The van der Waals surface area contributed by atoms with Crippen LogP contribution < -0.4 is 10.7 Å². The second-order valence-electron chi connectivity index (χ2n) is 6.20. The molecule has 2 aromatic rings. The summed E-state index contributed by atoms with van der Waals surface area (Å²) >= 11 is 0. The zero-order chi connectivity index (χ0) is 16.4. The van der Waals surface area contributed by atoms with Gasteiger partial charge in [0.1, 0.15) is 5.76 Å². The fourth-order valence-corrected chi connectivity index (χ4v) is 3.09. The number of hydrogen-bond acceptors (Lipinski definition) is 3. The van der Waals surface area contributed by atoms with E-state index < -0.39 is 0 Å². The van der Waals surface area contributed by atoms with Gasteiger partial charge in [-0.3, -0.25) is 9.59 Å². The molecule has 1 unspecified atom stereocenters. The summed E-state index contributed by atoms with van der Waals surface area (Å²) in [6.45, 7) is 3.60. The molecule has 0 saturated carbocycles. The highest BCUT2D eigenvalue weighted by molar-refractivity contribution is 5.91. The van der Waals surface area contributed by atoms with E-state index in [9.17, 15) is 9.59 Å². The number of nitrogens with one attached hydrogen (secondary N) is 1. The molecule has 120 valence electrons. The topological polar surface area (TPSA) is 59.3 Å². The molecule has 1 N–H and O–H groups in total. The molecule has 0 bridgehead atoms. The number of benzene rings is 1. The van der Waals surface area contributed by atoms with E-state index in [-0.39, 0.29) is 23.1 Å². The zero-order valence-electron chi connectivity index (χ0n) is 13.5. The molecule has 0 fully saturated rings. The van der Waals surface area contributed by atoms with E-state index in [1.54, 1.807) is 6.92 Å². The summed E-state index contributed by atoms with van der Waals surface area (Å²) in [5.41, 5.74) is 3.66. The fraction of sp³-hybridized carbons (Fsp3) is 0.368. The van der Waals surface area contributed by atoms with Gasteiger partial charge in [-0.15, -0.1) is 0 Å². The van der Waals surface area contributed by atoms with Gasteiger partial charge in [0.2, 0.25) is 0 Å². The van der Waals surface area contributed by atoms with Crippen molar-refractivity contribution in [2.45, 2.75) is 45.6 Å². The van der Waals surface area contributed by atoms with Crippen LogP contribution in [0, 0.1) is 6.92 Å². The van der Waals surface area contributed by atoms with Crippen LogP contribution in [-0.2, 0) is 12.8 Å². The third-order valence-electron chi connectivity index (χ3n) is 4.33. The highest BCUT2D eigenvalue weighted by Gasteiger charge is 2.16. The number of hydrogen-bond donors (Lipinski definition) is 1. The molecule has 4 nitrogen and oxygen atoms in total. The normalized spacial score (nSPS) is 14.9. The Kier molecular flexibility index (Phi) is 4.33. The van der Waals surface area contributed by atoms with Crippen molar-refractivity contribution in [1.82, 2.24) is 5.32 Å². The fourth-order valence-electron chi connectivity index (χ4n) is 3.09. The number of fused-ring (bicyclic) bond motifs is 1. The Balaban J connectivity index is 1.77. The summed E-state index contributed by atoms with van der Waals surface area (Å²) in [7, 11) is 0. The van der Waals surface area contributed by atoms with E-state index in [0.29, 0.717) is 5.76 Å². The minimum Gasteiger partial charge on any atom is -0.456 e. The highest BCUT2D eigenvalue weighted by Crippen LogP contribution is 2.24. The monoisotopic (exact) mass is 311 g/mol. The largest absolute Gasteiger partial charge is 0.456 e. The molecule has 0 radical (unpaired) electrons. The van der Waals surface area contributed by atoms with Crippen LogP contribution >= 0.6 is 0 Å². The van der Waals surface area contributed by atoms with Gasteiger partial charge in [-0.1, -0.05) is 18.2 Å². The molecule has 1 amide bonds. The first-order valence-electron chi connectivity index (χ1n) is 8.07. The van der Waals surface area contributed by atoms with E-state index >= 15 is 0 Å². The second kappa shape index (κ2) is 6.41. The molecular weight excluding hydrogens is 290 g/mol. The van der Waals surface area contributed by atoms with Gasteiger partial charge in [-0.2, -0.15) is 0 Å². The summed E-state index contributed by atoms with van der Waals surface area (Å²) in [4.78, 5) is 23.8. The molecule has 4 heteroatoms. The van der Waals surface area contributed by atoms with Gasteiger partial charge >= 0.3 is 0 Å². The molecule has 0 saturated heterocycles. The SMILES string of the molecule is Cc1cc(=O)cc(C(=O)NC(C)c2ccc3c(c2)CCCC3)o1. The number of carbonyl (C=O) groups excluding carboxylic acids is 1. The average Bonchev–Trinajstić information content (AvgIpc) is 2.53. The Hall–Kier alpha value is -2.36. The van der Waals surface area contributed by atoms with Gasteiger partial charge < -0.3 is 9.73 Å². The van der Waals surface area contributed by atoms with Gasteiger partial charge in [-0.05, 0) is 56.2 Å². The van der Waals surface area contributed by atoms with E-state index in [1.165, 1.54) is 36.1 Å². The average molecular weight is 311 g/mol. The third kappa shape index (κ3) is 3.52. The van der Waals surface area contributed by atoms with Crippen molar-refractivity contribution in [2.75, 3.05) is 0 Å². The lowest BCUT2D eigenvalue weighted by Crippen LogP contribution is -2.27. The molecule has 0 spiro atoms. The first-order valence-corrected chi connectivity index (χ1v) is 8.07. The maximum atomic E-state index is 12.3. The zero-order valence-corrected chi connectivity index (χ0v) is 13.5. The molecule has 0 aliphatic heterocycles. The summed E-state index contributed by atoms with van der Waals surface area (Å²) < 4.78 is 5.34. The van der Waals surface area contributed by atoms with Crippen LogP contribution in [0.3, 0.4) is 0 Å². The smallest absolute Gasteiger partial charge is 0.287 e. The molecule has 23 heavy (non-hydrogen) atoms. The summed E-state index contributed by atoms with van der Waals surface area (Å²) in [6, 6.07) is 8.87. The van der Waals surface area contributed by atoms with Crippen LogP contribution in [0.2, 0.25) is 0 Å². The Bertz CT molecular complexity index is 791. The first-order chi connectivity index (χ1) is 11.0. The van der Waals surface area contributed by atoms with Crippen molar-refractivity contribution in [1.29, 1.82) is 0 Å². The van der Waals surface area contributed by atoms with Crippen LogP contribution in [0.15, 0.2) is 39.5 Å². The van der Waals surface area contributed by atoms with E-state index in [1.807, 2.05) is 6.92 Å². The number of aryl methyl sites for hydroxylation is 3. The van der Waals surface area contributed by atoms with Crippen LogP contribution in [-0.4, -0.2) is 5.91 Å². The molecule has 1 atom stereocenters. The van der Waals surface area contributed by atoms with Gasteiger partial charge in [0, 0.05) is 12.1 Å². The minimum absolute atomic E-state index is 0.0554. The number of rotatable bonds is 3. The Morgan fingerprint density at radius 1 is 1.13 bits per heavy atom. The van der Waals surface area contributed by atoms with Gasteiger partial charge in [-0.25, -0.2) is 0 Å². The van der Waals surface area contributed by atoms with Crippen LogP contribution in [0.1, 0.15) is 58.8 Å². The van der Waals surface area contributed by atoms with Crippen molar-refractivity contribution in [3.05, 3.63) is 68.8 Å². The van der Waals surface area contributed by atoms with Gasteiger partial charge in [0.05, 0.1) is 6.04 Å². The Morgan fingerprint density at radius 2 is 1.87 bits per heavy atom. The second-order valence-corrected chi connectivity index (χ2v) is 6.20. The van der Waals surface area contributed by atoms with E-state index in [0.717, 1.165) is 18.4 Å². The van der Waals surface area contributed by atoms with Gasteiger partial charge in [0.15, 0.2) is 11.2 Å². The molecule has 1 heterocycles. The third-order valence-corrected chi connectivity index (χ3v) is 4.33. The molecular formula is C19H21NO3. The summed E-state index contributed by atoms with van der Waals surface area (Å²) in [6.07, 6.45) is 4.73. The lowest BCUT2D eigenvalue weighted by Gasteiger charge is -2.20. The molecule has 1 aliphatic rings. The van der Waals surface area contributed by atoms with Crippen LogP contribution in [0.5, 0.6) is 0 Å². The molecule has 1 aromatic carbocycles. The summed E-state index contributed by atoms with van der Waals surface area (Å²) in [5.74, 6) is 0.125. The summed E-state index contributed by atoms with van der Waals surface area (Å²) in [5, 5.41) is 2.90. The van der Waals surface area contributed by atoms with Crippen LogP contribution in [0.25, 0.3) is 0 Å². The van der Waals surface area contributed by atoms with Gasteiger partial charge in [0.25, 0.3) is 5.91 Å². The van der Waals surface area contributed by atoms with Crippen molar-refractivity contribution >= 4 is 5.91 Å². The number of amides is 1. The van der Waals surface area contributed by atoms with E-state index in [2.05, 4.69) is 23.5 Å². The van der Waals surface area contributed by atoms with Crippen molar-refractivity contribution in [3.63, 3.8) is 0 Å². The van der Waals surface area contributed by atoms with Crippen LogP contribution in [0.4, 0.5) is 0 Å². The standard InChI is InChI=1S/C19H21NO3/c1-12-9-17(21)11-18(23-12)19(22)20-13(2)15-8-7-14-5-3-4-6-16(14)10-15/h7-11,13H,3-6H2,1-2H3,(H,20,22). The molecule has 1 aromatic heterocycles. The minimum atomic E-state index is -0.365. The quantitative estimate of drug-likeness (QED) is 0.946. The van der Waals surface area contributed by atoms with Crippen molar-refractivity contribution < 1.29 is 9.21 Å². The Morgan fingerprint density at radius 3 is 2.61 bits per heavy atom. The van der Waals surface area contributed by atoms with Crippen molar-refractivity contribution in [3.8, 4) is 0 Å². The highest BCUT2D eigenvalue weighted by atomic mass is 16.3. The maximum absolute atomic E-state index is 12.3. The predicted octanol–water partition coefficient (Wildman–Crippen LogP) is 3.32. The maximum Gasteiger partial charge on any atom is 0.287 e. The Labute approximate surface area is 135 Å².